The number of aromatic nitrogens is 4. The van der Waals surface area contributed by atoms with E-state index in [1.54, 1.807) is 25.3 Å². The van der Waals surface area contributed by atoms with E-state index in [1.165, 1.54) is 13.2 Å². The number of nitrogens with one attached hydrogen (secondary N) is 1. The summed E-state index contributed by atoms with van der Waals surface area (Å²) in [4.78, 5) is 16.7. The highest BCUT2D eigenvalue weighted by atomic mass is 19.1. The molecule has 1 fully saturated rings. The summed E-state index contributed by atoms with van der Waals surface area (Å²) < 4.78 is 27.3. The summed E-state index contributed by atoms with van der Waals surface area (Å²) >= 11 is 0. The summed E-state index contributed by atoms with van der Waals surface area (Å²) in [6.45, 7) is 6.04. The third-order valence-corrected chi connectivity index (χ3v) is 6.46. The molecule has 9 heteroatoms. The molecule has 2 N–H and O–H groups in total. The summed E-state index contributed by atoms with van der Waals surface area (Å²) in [5, 5.41) is 17.6. The molecule has 0 unspecified atom stereocenters. The highest BCUT2D eigenvalue weighted by Crippen LogP contribution is 2.45. The van der Waals surface area contributed by atoms with Crippen LogP contribution in [-0.2, 0) is 9.53 Å². The van der Waals surface area contributed by atoms with Crippen LogP contribution in [-0.4, -0.2) is 50.1 Å². The van der Waals surface area contributed by atoms with Crippen molar-refractivity contribution in [1.29, 1.82) is 0 Å². The summed E-state index contributed by atoms with van der Waals surface area (Å²) in [5.41, 5.74) is 3.64. The standard InChI is InChI=1S/C24H25FN4O4/c1-12(2)21-19(14-9-24(3,23(30)31)33-11-14)20-17(7-13-10-26-28-22(13)27-20)29(21)15-5-6-16(25)18(8-15)32-4/h5-8,10,12,14H,9,11H2,1-4H3,(H,30,31)(H,26,27,28)/t14-,24+/m0/s1. The summed E-state index contributed by atoms with van der Waals surface area (Å²) in [6.07, 6.45) is 2.04. The van der Waals surface area contributed by atoms with Crippen LogP contribution in [0.2, 0.25) is 0 Å². The Hall–Kier alpha value is -3.46. The summed E-state index contributed by atoms with van der Waals surface area (Å²) in [6, 6.07) is 6.75. The van der Waals surface area contributed by atoms with E-state index >= 15 is 0 Å². The number of hydrogen-bond donors (Lipinski definition) is 2. The molecule has 2 atom stereocenters. The number of fused-ring (bicyclic) bond motifs is 2. The summed E-state index contributed by atoms with van der Waals surface area (Å²) in [5.74, 6) is -1.38. The van der Waals surface area contributed by atoms with E-state index in [9.17, 15) is 14.3 Å². The molecule has 33 heavy (non-hydrogen) atoms. The third-order valence-electron chi connectivity index (χ3n) is 6.46. The number of carboxylic acids is 1. The maximum absolute atomic E-state index is 14.2. The average Bonchev–Trinajstić information content (AvgIpc) is 3.48. The number of benzene rings is 1. The molecule has 4 heterocycles. The number of ether oxygens (including phenoxy) is 2. The molecule has 0 bridgehead atoms. The number of methoxy groups -OCH3 is 1. The van der Waals surface area contributed by atoms with Crippen LogP contribution in [0.3, 0.4) is 0 Å². The third kappa shape index (κ3) is 3.26. The monoisotopic (exact) mass is 452 g/mol. The second-order valence-corrected chi connectivity index (χ2v) is 9.02. The molecule has 1 aromatic carbocycles. The first-order chi connectivity index (χ1) is 15.7. The van der Waals surface area contributed by atoms with Crippen LogP contribution < -0.4 is 4.74 Å². The number of hydrogen-bond acceptors (Lipinski definition) is 5. The molecule has 0 radical (unpaired) electrons. The second-order valence-electron chi connectivity index (χ2n) is 9.02. The van der Waals surface area contributed by atoms with Gasteiger partial charge in [0.25, 0.3) is 0 Å². The van der Waals surface area contributed by atoms with Gasteiger partial charge in [-0.25, -0.2) is 14.2 Å². The molecular weight excluding hydrogens is 427 g/mol. The molecule has 1 aliphatic heterocycles. The van der Waals surface area contributed by atoms with Crippen molar-refractivity contribution in [3.63, 3.8) is 0 Å². The minimum atomic E-state index is -1.26. The van der Waals surface area contributed by atoms with Crippen LogP contribution in [0.25, 0.3) is 27.8 Å². The lowest BCUT2D eigenvalue weighted by atomic mass is 9.88. The highest BCUT2D eigenvalue weighted by molar-refractivity contribution is 5.94. The van der Waals surface area contributed by atoms with Gasteiger partial charge in [0, 0.05) is 34.3 Å². The molecule has 1 aliphatic rings. The van der Waals surface area contributed by atoms with Gasteiger partial charge in [0.15, 0.2) is 22.8 Å². The van der Waals surface area contributed by atoms with Crippen LogP contribution in [0.4, 0.5) is 4.39 Å². The predicted octanol–water partition coefficient (Wildman–Crippen LogP) is 4.52. The minimum Gasteiger partial charge on any atom is -0.494 e. The Morgan fingerprint density at radius 3 is 2.85 bits per heavy atom. The van der Waals surface area contributed by atoms with E-state index < -0.39 is 17.4 Å². The number of carboxylic acid groups (broad SMARTS) is 1. The van der Waals surface area contributed by atoms with Gasteiger partial charge in [-0.05, 0) is 37.5 Å². The van der Waals surface area contributed by atoms with Crippen LogP contribution >= 0.6 is 0 Å². The Morgan fingerprint density at radius 2 is 2.18 bits per heavy atom. The van der Waals surface area contributed by atoms with E-state index in [0.717, 1.165) is 33.4 Å². The van der Waals surface area contributed by atoms with Gasteiger partial charge in [0.1, 0.15) is 0 Å². The average molecular weight is 452 g/mol. The highest BCUT2D eigenvalue weighted by Gasteiger charge is 2.45. The van der Waals surface area contributed by atoms with Gasteiger partial charge in [-0.2, -0.15) is 5.10 Å². The smallest absolute Gasteiger partial charge is 0.335 e. The van der Waals surface area contributed by atoms with Crippen molar-refractivity contribution in [3.8, 4) is 11.4 Å². The Balaban J connectivity index is 1.83. The van der Waals surface area contributed by atoms with Crippen molar-refractivity contribution in [2.75, 3.05) is 13.7 Å². The Morgan fingerprint density at radius 1 is 1.39 bits per heavy atom. The van der Waals surface area contributed by atoms with Crippen molar-refractivity contribution in [2.24, 2.45) is 0 Å². The van der Waals surface area contributed by atoms with Gasteiger partial charge < -0.3 is 19.1 Å². The number of aliphatic carboxylic acids is 1. The number of halogens is 1. The lowest BCUT2D eigenvalue weighted by molar-refractivity contribution is -0.157. The normalized spacial score (nSPS) is 20.8. The Kier molecular flexibility index (Phi) is 4.89. The van der Waals surface area contributed by atoms with Crippen molar-refractivity contribution in [2.45, 2.75) is 44.6 Å². The molecule has 0 saturated carbocycles. The second kappa shape index (κ2) is 7.55. The molecule has 172 valence electrons. The van der Waals surface area contributed by atoms with Crippen LogP contribution in [0.1, 0.15) is 50.3 Å². The predicted molar refractivity (Wildman–Crippen MR) is 121 cm³/mol. The van der Waals surface area contributed by atoms with Gasteiger partial charge in [-0.15, -0.1) is 0 Å². The zero-order chi connectivity index (χ0) is 23.5. The fraction of sp³-hybridized carbons (Fsp3) is 0.375. The van der Waals surface area contributed by atoms with Crippen LogP contribution in [0, 0.1) is 5.82 Å². The van der Waals surface area contributed by atoms with Crippen molar-refractivity contribution < 1.29 is 23.8 Å². The largest absolute Gasteiger partial charge is 0.494 e. The van der Waals surface area contributed by atoms with E-state index in [2.05, 4.69) is 28.6 Å². The maximum Gasteiger partial charge on any atom is 0.335 e. The molecule has 8 nitrogen and oxygen atoms in total. The van der Waals surface area contributed by atoms with E-state index in [1.807, 2.05) is 6.07 Å². The fourth-order valence-electron chi connectivity index (χ4n) is 4.85. The number of pyridine rings is 1. The number of nitrogens with zero attached hydrogens (tertiary/aromatic N) is 3. The van der Waals surface area contributed by atoms with E-state index in [-0.39, 0.29) is 24.2 Å². The Bertz CT molecular complexity index is 1390. The number of carbonyl (C=O) groups is 1. The first-order valence-electron chi connectivity index (χ1n) is 10.8. The summed E-state index contributed by atoms with van der Waals surface area (Å²) in [7, 11) is 1.43. The molecule has 1 saturated heterocycles. The van der Waals surface area contributed by atoms with Gasteiger partial charge in [-0.3, -0.25) is 5.10 Å². The topological polar surface area (TPSA) is 102 Å². The molecule has 4 aromatic rings. The lowest BCUT2D eigenvalue weighted by Gasteiger charge is -2.19. The zero-order valence-corrected chi connectivity index (χ0v) is 18.8. The van der Waals surface area contributed by atoms with Crippen LogP contribution in [0.15, 0.2) is 30.5 Å². The first-order valence-corrected chi connectivity index (χ1v) is 10.8. The molecule has 5 rings (SSSR count). The van der Waals surface area contributed by atoms with Gasteiger partial charge in [0.2, 0.25) is 0 Å². The number of rotatable bonds is 5. The number of H-pyrrole nitrogens is 1. The quantitative estimate of drug-likeness (QED) is 0.462. The fourth-order valence-corrected chi connectivity index (χ4v) is 4.85. The molecule has 0 aliphatic carbocycles. The molecular formula is C24H25FN4O4. The first kappa shape index (κ1) is 21.4. The van der Waals surface area contributed by atoms with Gasteiger partial charge in [0.05, 0.1) is 30.9 Å². The molecule has 0 amide bonds. The lowest BCUT2D eigenvalue weighted by Crippen LogP contribution is -2.34. The SMILES string of the molecule is COc1cc(-n2c(C(C)C)c([C@@H]3CO[C@@](C)(C(=O)O)C3)c3nc4[nH]ncc4cc32)ccc1F. The van der Waals surface area contributed by atoms with Crippen molar-refractivity contribution in [3.05, 3.63) is 47.5 Å². The van der Waals surface area contributed by atoms with Crippen LogP contribution in [0.5, 0.6) is 5.75 Å². The molecule has 0 spiro atoms. The molecule has 3 aromatic heterocycles. The van der Waals surface area contributed by atoms with E-state index in [4.69, 9.17) is 14.5 Å². The van der Waals surface area contributed by atoms with Gasteiger partial charge in [-0.1, -0.05) is 13.8 Å². The van der Waals surface area contributed by atoms with Crippen molar-refractivity contribution >= 4 is 28.0 Å². The minimum absolute atomic E-state index is 0.0680. The van der Waals surface area contributed by atoms with Gasteiger partial charge >= 0.3 is 5.97 Å². The number of aromatic amines is 1. The van der Waals surface area contributed by atoms with Crippen molar-refractivity contribution in [1.82, 2.24) is 19.7 Å². The zero-order valence-electron chi connectivity index (χ0n) is 18.8. The van der Waals surface area contributed by atoms with E-state index in [0.29, 0.717) is 12.1 Å². The maximum atomic E-state index is 14.2. The Labute approximate surface area is 189 Å².